The lowest BCUT2D eigenvalue weighted by Crippen LogP contribution is -2.27. The van der Waals surface area contributed by atoms with Gasteiger partial charge in [-0.15, -0.1) is 0 Å². The summed E-state index contributed by atoms with van der Waals surface area (Å²) in [7, 11) is -2.62. The van der Waals surface area contributed by atoms with Crippen LogP contribution in [0.5, 0.6) is 0 Å². The molecule has 2 rings (SSSR count). The summed E-state index contributed by atoms with van der Waals surface area (Å²) in [5.74, 6) is -0.539. The maximum Gasteiger partial charge on any atom is 0.266 e. The van der Waals surface area contributed by atoms with E-state index >= 15 is 0 Å². The van der Waals surface area contributed by atoms with Gasteiger partial charge in [-0.05, 0) is 36.4 Å². The zero-order valence-corrected chi connectivity index (χ0v) is 11.9. The van der Waals surface area contributed by atoms with Gasteiger partial charge in [-0.2, -0.15) is 5.26 Å². The van der Waals surface area contributed by atoms with Crippen LogP contribution < -0.4 is 10.0 Å². The highest BCUT2D eigenvalue weighted by atomic mass is 32.2. The Morgan fingerprint density at radius 3 is 2.52 bits per heavy atom. The van der Waals surface area contributed by atoms with E-state index in [-0.39, 0.29) is 21.8 Å². The Kier molecular flexibility index (Phi) is 3.82. The van der Waals surface area contributed by atoms with Crippen molar-refractivity contribution in [3.8, 4) is 6.07 Å². The van der Waals surface area contributed by atoms with Crippen molar-refractivity contribution in [3.05, 3.63) is 53.8 Å². The second kappa shape index (κ2) is 5.42. The smallest absolute Gasteiger partial charge is 0.266 e. The van der Waals surface area contributed by atoms with E-state index in [0.717, 1.165) is 10.4 Å². The molecule has 0 amide bonds. The Hall–Kier alpha value is -2.59. The van der Waals surface area contributed by atoms with E-state index in [9.17, 15) is 12.8 Å². The molecule has 0 saturated heterocycles. The highest BCUT2D eigenvalue weighted by molar-refractivity contribution is 7.93. The fourth-order valence-corrected chi connectivity index (χ4v) is 3.09. The molecule has 2 aromatic carbocycles. The Morgan fingerprint density at radius 1 is 1.24 bits per heavy atom. The zero-order chi connectivity index (χ0) is 15.6. The van der Waals surface area contributed by atoms with E-state index in [1.807, 2.05) is 6.07 Å². The van der Waals surface area contributed by atoms with E-state index in [0.29, 0.717) is 0 Å². The molecule has 0 atom stereocenters. The maximum atomic E-state index is 13.2. The maximum absolute atomic E-state index is 13.2. The lowest BCUT2D eigenvalue weighted by Gasteiger charge is -2.20. The normalized spacial score (nSPS) is 10.9. The van der Waals surface area contributed by atoms with Crippen LogP contribution in [0, 0.1) is 17.1 Å². The number of halogens is 1. The predicted octanol–water partition coefficient (Wildman–Crippen LogP) is 2.10. The van der Waals surface area contributed by atoms with E-state index in [1.54, 1.807) is 0 Å². The molecule has 0 aliphatic heterocycles. The lowest BCUT2D eigenvalue weighted by molar-refractivity contribution is 0.594. The molecule has 0 aliphatic carbocycles. The largest absolute Gasteiger partial charge is 0.398 e. The van der Waals surface area contributed by atoms with Crippen LogP contribution >= 0.6 is 0 Å². The molecule has 0 aromatic heterocycles. The summed E-state index contributed by atoms with van der Waals surface area (Å²) >= 11 is 0. The molecule has 5 nitrogen and oxygen atoms in total. The Balaban J connectivity index is 2.50. The van der Waals surface area contributed by atoms with Crippen LogP contribution in [0.25, 0.3) is 0 Å². The molecule has 0 saturated carbocycles. The van der Waals surface area contributed by atoms with Gasteiger partial charge in [0.2, 0.25) is 0 Å². The summed E-state index contributed by atoms with van der Waals surface area (Å²) in [6.07, 6.45) is 0. The molecule has 2 N–H and O–H groups in total. The molecular formula is C14H12FN3O2S. The summed E-state index contributed by atoms with van der Waals surface area (Å²) in [5.41, 5.74) is 6.11. The lowest BCUT2D eigenvalue weighted by atomic mass is 10.2. The third-order valence-electron chi connectivity index (χ3n) is 2.95. The first-order valence-electron chi connectivity index (χ1n) is 5.90. The van der Waals surface area contributed by atoms with Crippen LogP contribution in [0.4, 0.5) is 15.8 Å². The van der Waals surface area contributed by atoms with Crippen LogP contribution in [0.15, 0.2) is 47.4 Å². The fraction of sp³-hybridized carbons (Fsp3) is 0.0714. The third-order valence-corrected chi connectivity index (χ3v) is 4.81. The predicted molar refractivity (Wildman–Crippen MR) is 77.6 cm³/mol. The van der Waals surface area contributed by atoms with Gasteiger partial charge in [0.25, 0.3) is 10.0 Å². The van der Waals surface area contributed by atoms with Crippen LogP contribution in [0.2, 0.25) is 0 Å². The number of sulfonamides is 1. The van der Waals surface area contributed by atoms with E-state index in [2.05, 4.69) is 0 Å². The molecule has 0 bridgehead atoms. The molecule has 0 radical (unpaired) electrons. The van der Waals surface area contributed by atoms with Gasteiger partial charge in [-0.25, -0.2) is 12.8 Å². The minimum atomic E-state index is -3.93. The number of benzene rings is 2. The second-order valence-corrected chi connectivity index (χ2v) is 6.25. The number of rotatable bonds is 3. The number of anilines is 2. The van der Waals surface area contributed by atoms with Crippen molar-refractivity contribution in [3.63, 3.8) is 0 Å². The molecule has 7 heteroatoms. The highest BCUT2D eigenvalue weighted by Crippen LogP contribution is 2.26. The number of nitriles is 1. The molecule has 0 spiro atoms. The minimum absolute atomic E-state index is 0.0303. The Labute approximate surface area is 122 Å². The first-order valence-corrected chi connectivity index (χ1v) is 7.34. The topological polar surface area (TPSA) is 87.2 Å². The molecule has 0 fully saturated rings. The quantitative estimate of drug-likeness (QED) is 0.880. The van der Waals surface area contributed by atoms with Gasteiger partial charge in [0, 0.05) is 7.05 Å². The minimum Gasteiger partial charge on any atom is -0.398 e. The molecule has 2 aromatic rings. The monoisotopic (exact) mass is 305 g/mol. The van der Waals surface area contributed by atoms with E-state index in [1.165, 1.54) is 43.4 Å². The van der Waals surface area contributed by atoms with Crippen LogP contribution in [0.1, 0.15) is 5.56 Å². The molecule has 0 heterocycles. The zero-order valence-electron chi connectivity index (χ0n) is 11.1. The summed E-state index contributed by atoms with van der Waals surface area (Å²) in [6.45, 7) is 0. The average molecular weight is 305 g/mol. The van der Waals surface area contributed by atoms with Crippen molar-refractivity contribution in [2.24, 2.45) is 0 Å². The number of nitrogens with two attached hydrogens (primary N) is 1. The summed E-state index contributed by atoms with van der Waals surface area (Å²) in [5, 5.41) is 8.77. The summed E-state index contributed by atoms with van der Waals surface area (Å²) in [6, 6.07) is 11.0. The third kappa shape index (κ3) is 2.80. The second-order valence-electron chi connectivity index (χ2n) is 4.32. The van der Waals surface area contributed by atoms with Crippen molar-refractivity contribution in [1.29, 1.82) is 5.26 Å². The van der Waals surface area contributed by atoms with Crippen molar-refractivity contribution in [2.45, 2.75) is 4.90 Å². The van der Waals surface area contributed by atoms with Gasteiger partial charge < -0.3 is 5.73 Å². The summed E-state index contributed by atoms with van der Waals surface area (Å²) in [4.78, 5) is -0.131. The molecule has 108 valence electrons. The van der Waals surface area contributed by atoms with E-state index < -0.39 is 15.8 Å². The number of nitrogens with zero attached hydrogens (tertiary/aromatic N) is 2. The van der Waals surface area contributed by atoms with Gasteiger partial charge in [0.1, 0.15) is 10.7 Å². The van der Waals surface area contributed by atoms with Gasteiger partial charge in [-0.1, -0.05) is 6.07 Å². The highest BCUT2D eigenvalue weighted by Gasteiger charge is 2.24. The Morgan fingerprint density at radius 2 is 1.95 bits per heavy atom. The first-order chi connectivity index (χ1) is 9.86. The van der Waals surface area contributed by atoms with Crippen molar-refractivity contribution >= 4 is 21.4 Å². The average Bonchev–Trinajstić information content (AvgIpc) is 2.45. The SMILES string of the molecule is CN(c1cccc(F)c1)S(=O)(=O)c1ccc(C#N)cc1N. The molecule has 21 heavy (non-hydrogen) atoms. The number of hydrogen-bond acceptors (Lipinski definition) is 4. The van der Waals surface area contributed by atoms with Crippen LogP contribution in [0.3, 0.4) is 0 Å². The van der Waals surface area contributed by atoms with Crippen molar-refractivity contribution < 1.29 is 12.8 Å². The molecular weight excluding hydrogens is 293 g/mol. The summed E-state index contributed by atoms with van der Waals surface area (Å²) < 4.78 is 39.2. The number of hydrogen-bond donors (Lipinski definition) is 1. The fourth-order valence-electron chi connectivity index (χ4n) is 1.81. The molecule has 0 unspecified atom stereocenters. The van der Waals surface area contributed by atoms with Gasteiger partial charge >= 0.3 is 0 Å². The van der Waals surface area contributed by atoms with Crippen molar-refractivity contribution in [1.82, 2.24) is 0 Å². The molecule has 0 aliphatic rings. The van der Waals surface area contributed by atoms with Gasteiger partial charge in [0.05, 0.1) is 23.0 Å². The first kappa shape index (κ1) is 14.8. The van der Waals surface area contributed by atoms with Crippen molar-refractivity contribution in [2.75, 3.05) is 17.1 Å². The van der Waals surface area contributed by atoms with E-state index in [4.69, 9.17) is 11.0 Å². The van der Waals surface area contributed by atoms with Crippen LogP contribution in [-0.4, -0.2) is 15.5 Å². The van der Waals surface area contributed by atoms with Gasteiger partial charge in [0.15, 0.2) is 0 Å². The van der Waals surface area contributed by atoms with Gasteiger partial charge in [-0.3, -0.25) is 4.31 Å². The standard InChI is InChI=1S/C14H12FN3O2S/c1-18(12-4-2-3-11(15)8-12)21(19,20)14-6-5-10(9-16)7-13(14)17/h2-8H,17H2,1H3. The Bertz CT molecular complexity index is 828. The van der Waals surface area contributed by atoms with Crippen LogP contribution in [-0.2, 0) is 10.0 Å². The number of nitrogen functional groups attached to an aromatic ring is 1.